The first kappa shape index (κ1) is 17.5. The van der Waals surface area contributed by atoms with Crippen LogP contribution in [0.15, 0.2) is 15.6 Å². The molecule has 1 fully saturated rings. The molecule has 2 aliphatic rings. The number of carboxylic acids is 1. The van der Waals surface area contributed by atoms with Gasteiger partial charge in [0, 0.05) is 11.5 Å². The number of aryl methyl sites for hydroxylation is 1. The maximum absolute atomic E-state index is 11.8. The molecule has 7 nitrogen and oxygen atoms in total. The predicted octanol–water partition coefficient (Wildman–Crippen LogP) is 0.942. The molecule has 0 aliphatic carbocycles. The molecule has 2 atom stereocenters. The van der Waals surface area contributed by atoms with Crippen LogP contribution < -0.4 is 5.73 Å². The van der Waals surface area contributed by atoms with E-state index in [9.17, 15) is 14.7 Å². The van der Waals surface area contributed by atoms with E-state index in [2.05, 4.69) is 10.2 Å². The quantitative estimate of drug-likeness (QED) is 0.586. The third-order valence-corrected chi connectivity index (χ3v) is 6.59. The molecule has 3 N–H and O–H groups in total. The number of fused-ring (bicyclic) bond motifs is 1. The summed E-state index contributed by atoms with van der Waals surface area (Å²) >= 11 is 4.41. The van der Waals surface area contributed by atoms with Gasteiger partial charge in [0.15, 0.2) is 4.34 Å². The lowest BCUT2D eigenvalue weighted by atomic mass is 10.0. The minimum absolute atomic E-state index is 0. The van der Waals surface area contributed by atoms with E-state index in [1.807, 2.05) is 6.92 Å². The molecule has 3 heterocycles. The van der Waals surface area contributed by atoms with E-state index in [1.54, 1.807) is 0 Å². The van der Waals surface area contributed by atoms with E-state index in [-0.39, 0.29) is 29.4 Å². The van der Waals surface area contributed by atoms with Crippen molar-refractivity contribution in [3.05, 3.63) is 16.3 Å². The van der Waals surface area contributed by atoms with Gasteiger partial charge in [-0.15, -0.1) is 34.4 Å². The Balaban J connectivity index is 0.00000176. The zero-order valence-electron chi connectivity index (χ0n) is 11.4. The number of halogens is 1. The molecule has 0 bridgehead atoms. The molecule has 22 heavy (non-hydrogen) atoms. The van der Waals surface area contributed by atoms with Crippen LogP contribution in [-0.4, -0.2) is 55.0 Å². The fourth-order valence-electron chi connectivity index (χ4n) is 2.18. The van der Waals surface area contributed by atoms with Crippen LogP contribution in [0.5, 0.6) is 0 Å². The van der Waals surface area contributed by atoms with Crippen LogP contribution in [0.4, 0.5) is 0 Å². The van der Waals surface area contributed by atoms with Gasteiger partial charge in [0.2, 0.25) is 5.91 Å². The summed E-state index contributed by atoms with van der Waals surface area (Å²) in [4.78, 5) is 24.6. The monoisotopic (exact) mass is 380 g/mol. The van der Waals surface area contributed by atoms with Crippen molar-refractivity contribution in [1.29, 1.82) is 0 Å². The molecule has 1 aromatic heterocycles. The number of thioether (sulfide) groups is 2. The van der Waals surface area contributed by atoms with Crippen molar-refractivity contribution in [2.75, 3.05) is 11.5 Å². The van der Waals surface area contributed by atoms with Crippen molar-refractivity contribution < 1.29 is 14.7 Å². The van der Waals surface area contributed by atoms with Crippen molar-refractivity contribution in [2.45, 2.75) is 22.7 Å². The number of carbonyl (C=O) groups is 2. The van der Waals surface area contributed by atoms with Gasteiger partial charge in [0.1, 0.15) is 22.1 Å². The summed E-state index contributed by atoms with van der Waals surface area (Å²) in [7, 11) is 0. The van der Waals surface area contributed by atoms with E-state index in [4.69, 9.17) is 5.73 Å². The summed E-state index contributed by atoms with van der Waals surface area (Å²) in [5.41, 5.74) is 6.51. The Labute approximate surface area is 145 Å². The lowest BCUT2D eigenvalue weighted by molar-refractivity contribution is -0.147. The molecule has 0 radical (unpaired) electrons. The summed E-state index contributed by atoms with van der Waals surface area (Å²) in [6.45, 7) is 1.87. The number of amides is 1. The molecule has 0 aromatic carbocycles. The second-order valence-corrected chi connectivity index (χ2v) is 8.08. The van der Waals surface area contributed by atoms with Gasteiger partial charge in [-0.05, 0) is 12.5 Å². The van der Waals surface area contributed by atoms with E-state index in [1.165, 1.54) is 39.8 Å². The van der Waals surface area contributed by atoms with Crippen molar-refractivity contribution in [3.63, 3.8) is 0 Å². The van der Waals surface area contributed by atoms with E-state index >= 15 is 0 Å². The Morgan fingerprint density at radius 3 is 2.86 bits per heavy atom. The standard InChI is InChI=1S/C11H12N4O3S3.ClH/c1-4-13-14-11(21-4)20-3-5-2-19-9-6(12)8(16)15(9)7(5)10(17)18;/h6,9H,2-3,12H2,1H3,(H,17,18);1H/t6-,9+;/m0./s1. The smallest absolute Gasteiger partial charge is 0.352 e. The largest absolute Gasteiger partial charge is 0.477 e. The molecule has 3 rings (SSSR count). The third-order valence-electron chi connectivity index (χ3n) is 3.17. The lowest BCUT2D eigenvalue weighted by Crippen LogP contribution is -2.68. The van der Waals surface area contributed by atoms with Crippen LogP contribution in [0.2, 0.25) is 0 Å². The molecule has 2 aliphatic heterocycles. The SMILES string of the molecule is Cc1nnc(SCC2=C(C(=O)O)N3C(=O)[C@H](N)[C@H]3SC2)s1.Cl. The number of hydrogen-bond donors (Lipinski definition) is 2. The molecule has 1 amide bonds. The number of rotatable bonds is 4. The van der Waals surface area contributed by atoms with Crippen molar-refractivity contribution in [1.82, 2.24) is 15.1 Å². The summed E-state index contributed by atoms with van der Waals surface area (Å²) in [6, 6.07) is -0.593. The zero-order chi connectivity index (χ0) is 15.1. The number of nitrogens with zero attached hydrogens (tertiary/aromatic N) is 3. The average molecular weight is 381 g/mol. The molecular formula is C11H13ClN4O3S3. The van der Waals surface area contributed by atoms with Crippen LogP contribution in [0, 0.1) is 6.92 Å². The first-order valence-electron chi connectivity index (χ1n) is 6.07. The van der Waals surface area contributed by atoms with Gasteiger partial charge in [-0.25, -0.2) is 4.79 Å². The molecule has 0 saturated carbocycles. The lowest BCUT2D eigenvalue weighted by Gasteiger charge is -2.48. The maximum Gasteiger partial charge on any atom is 0.352 e. The van der Waals surface area contributed by atoms with Crippen LogP contribution >= 0.6 is 47.3 Å². The number of aromatic nitrogens is 2. The number of carboxylic acid groups (broad SMARTS) is 1. The molecular weight excluding hydrogens is 368 g/mol. The zero-order valence-corrected chi connectivity index (χ0v) is 14.7. The number of nitrogens with two attached hydrogens (primary N) is 1. The normalized spacial score (nSPS) is 23.7. The molecule has 0 spiro atoms. The number of hydrogen-bond acceptors (Lipinski definition) is 8. The van der Waals surface area contributed by atoms with Gasteiger partial charge < -0.3 is 10.8 Å². The Bertz CT molecular complexity index is 650. The van der Waals surface area contributed by atoms with Gasteiger partial charge in [-0.3, -0.25) is 9.69 Å². The highest BCUT2D eigenvalue weighted by atomic mass is 35.5. The molecule has 0 unspecified atom stereocenters. The second kappa shape index (κ2) is 6.75. The summed E-state index contributed by atoms with van der Waals surface area (Å²) in [5, 5.41) is 17.9. The van der Waals surface area contributed by atoms with Gasteiger partial charge in [-0.1, -0.05) is 23.1 Å². The van der Waals surface area contributed by atoms with Crippen molar-refractivity contribution >= 4 is 59.1 Å². The fraction of sp³-hybridized carbons (Fsp3) is 0.455. The fourth-order valence-corrected chi connectivity index (χ4v) is 5.42. The minimum Gasteiger partial charge on any atom is -0.477 e. The van der Waals surface area contributed by atoms with Crippen LogP contribution in [0.1, 0.15) is 5.01 Å². The van der Waals surface area contributed by atoms with Crippen molar-refractivity contribution in [2.24, 2.45) is 5.73 Å². The Morgan fingerprint density at radius 1 is 1.55 bits per heavy atom. The number of aliphatic carboxylic acids is 1. The van der Waals surface area contributed by atoms with Crippen LogP contribution in [0.3, 0.4) is 0 Å². The van der Waals surface area contributed by atoms with Crippen LogP contribution in [-0.2, 0) is 9.59 Å². The highest BCUT2D eigenvalue weighted by molar-refractivity contribution is 8.01. The maximum atomic E-state index is 11.8. The highest BCUT2D eigenvalue weighted by Gasteiger charge is 2.51. The number of β-lactam (4-membered cyclic amide) rings is 1. The summed E-state index contributed by atoms with van der Waals surface area (Å²) in [6.07, 6.45) is 0. The summed E-state index contributed by atoms with van der Waals surface area (Å²) < 4.78 is 0.795. The van der Waals surface area contributed by atoms with Gasteiger partial charge in [0.25, 0.3) is 0 Å². The second-order valence-electron chi connectivity index (χ2n) is 4.57. The Hall–Kier alpha value is -0.810. The van der Waals surface area contributed by atoms with Crippen LogP contribution in [0.25, 0.3) is 0 Å². The van der Waals surface area contributed by atoms with E-state index < -0.39 is 12.0 Å². The number of carbonyl (C=O) groups excluding carboxylic acids is 1. The van der Waals surface area contributed by atoms with E-state index in [0.717, 1.165) is 14.9 Å². The molecule has 11 heteroatoms. The minimum atomic E-state index is -1.08. The third kappa shape index (κ3) is 2.98. The van der Waals surface area contributed by atoms with Gasteiger partial charge in [-0.2, -0.15) is 0 Å². The van der Waals surface area contributed by atoms with Crippen molar-refractivity contribution in [3.8, 4) is 0 Å². The summed E-state index contributed by atoms with van der Waals surface area (Å²) in [5.74, 6) is -0.354. The highest BCUT2D eigenvalue weighted by Crippen LogP contribution is 2.40. The molecule has 120 valence electrons. The van der Waals surface area contributed by atoms with E-state index in [0.29, 0.717) is 11.5 Å². The van der Waals surface area contributed by atoms with Gasteiger partial charge in [0.05, 0.1) is 0 Å². The Morgan fingerprint density at radius 2 is 2.27 bits per heavy atom. The van der Waals surface area contributed by atoms with Gasteiger partial charge >= 0.3 is 5.97 Å². The topological polar surface area (TPSA) is 109 Å². The molecule has 1 aromatic rings. The molecule has 1 saturated heterocycles. The predicted molar refractivity (Wildman–Crippen MR) is 88.3 cm³/mol. The first-order chi connectivity index (χ1) is 9.99. The average Bonchev–Trinajstić information content (AvgIpc) is 2.88. The Kier molecular flexibility index (Phi) is 5.38. The first-order valence-corrected chi connectivity index (χ1v) is 8.92.